The van der Waals surface area contributed by atoms with Crippen molar-refractivity contribution >= 4 is 97.5 Å². The van der Waals surface area contributed by atoms with Gasteiger partial charge in [0.25, 0.3) is 0 Å². The molecule has 71 heavy (non-hydrogen) atoms. The minimum Gasteiger partial charge on any atom is -0.456 e. The molecular formula is C66H38N4O. The Morgan fingerprint density at radius 1 is 0.268 bits per heavy atom. The molecule has 15 rings (SSSR count). The van der Waals surface area contributed by atoms with Gasteiger partial charge >= 0.3 is 0 Å². The van der Waals surface area contributed by atoms with Crippen LogP contribution in [-0.2, 0) is 0 Å². The Morgan fingerprint density at radius 2 is 0.775 bits per heavy atom. The van der Waals surface area contributed by atoms with Crippen LogP contribution in [0.1, 0.15) is 0 Å². The summed E-state index contributed by atoms with van der Waals surface area (Å²) in [6.07, 6.45) is 0. The van der Waals surface area contributed by atoms with E-state index in [1.807, 2.05) is 24.3 Å². The average molecular weight is 903 g/mol. The number of nitrogens with zero attached hydrogens (tertiary/aromatic N) is 4. The van der Waals surface area contributed by atoms with Crippen molar-refractivity contribution in [3.63, 3.8) is 0 Å². The molecule has 0 amide bonds. The van der Waals surface area contributed by atoms with Crippen molar-refractivity contribution in [1.82, 2.24) is 19.9 Å². The van der Waals surface area contributed by atoms with Crippen LogP contribution in [0, 0.1) is 0 Å². The first kappa shape index (κ1) is 39.4. The Balaban J connectivity index is 0.967. The van der Waals surface area contributed by atoms with Crippen LogP contribution in [0.3, 0.4) is 0 Å². The number of furan rings is 1. The lowest BCUT2D eigenvalue weighted by atomic mass is 9.88. The number of rotatable bonds is 5. The first-order valence-electron chi connectivity index (χ1n) is 24.0. The predicted octanol–water partition coefficient (Wildman–Crippen LogP) is 17.6. The van der Waals surface area contributed by atoms with Gasteiger partial charge in [-0.1, -0.05) is 200 Å². The minimum atomic E-state index is 0.600. The van der Waals surface area contributed by atoms with Crippen molar-refractivity contribution in [2.24, 2.45) is 0 Å². The summed E-state index contributed by atoms with van der Waals surface area (Å²) in [7, 11) is 0. The Bertz CT molecular complexity index is 4660. The van der Waals surface area contributed by atoms with Gasteiger partial charge in [0.15, 0.2) is 17.5 Å². The molecule has 5 nitrogen and oxygen atoms in total. The Morgan fingerprint density at radius 3 is 1.49 bits per heavy atom. The van der Waals surface area contributed by atoms with E-state index in [9.17, 15) is 0 Å². The molecule has 0 unspecified atom stereocenters. The van der Waals surface area contributed by atoms with Crippen LogP contribution in [0.15, 0.2) is 235 Å². The van der Waals surface area contributed by atoms with Crippen molar-refractivity contribution in [2.45, 2.75) is 0 Å². The molecule has 3 heterocycles. The molecule has 0 radical (unpaired) electrons. The molecule has 3 aromatic heterocycles. The van der Waals surface area contributed by atoms with Crippen molar-refractivity contribution in [3.8, 4) is 56.5 Å². The first-order valence-corrected chi connectivity index (χ1v) is 24.0. The van der Waals surface area contributed by atoms with E-state index in [0.717, 1.165) is 98.8 Å². The minimum absolute atomic E-state index is 0.600. The summed E-state index contributed by atoms with van der Waals surface area (Å²) < 4.78 is 6.81. The molecule has 15 aromatic rings. The third-order valence-electron chi connectivity index (χ3n) is 14.5. The molecule has 0 aliphatic heterocycles. The number of aromatic nitrogens is 4. The van der Waals surface area contributed by atoms with Gasteiger partial charge in [-0.05, 0) is 89.8 Å². The standard InChI is InChI=1S/C66H38N4O/c1-2-16-40(17-3-1)64-68-65(70-66(69-64)55-36-42-18-4-5-19-44(42)45-20-6-11-25-50(45)55)41-32-30-39(31-33-41)60-61-52-26-12-14-28-57(52)67-63(56(61)38-59-62(60)53-27-13-15-29-58(53)71-59)43-34-35-51-48-23-8-7-21-46(48)47-22-9-10-24-49(47)54(51)37-43/h1-38H. The molecule has 0 atom stereocenters. The number of para-hydroxylation sites is 2. The third-order valence-corrected chi connectivity index (χ3v) is 14.5. The smallest absolute Gasteiger partial charge is 0.164 e. The molecule has 0 N–H and O–H groups in total. The quantitative estimate of drug-likeness (QED) is 0.161. The summed E-state index contributed by atoms with van der Waals surface area (Å²) in [5.74, 6) is 1.85. The SMILES string of the molecule is c1ccc(-c2nc(-c3ccc(-c4c5c(cc6c(-c7ccc8c9ccccc9c9ccccc9c8c7)nc7ccccc7c46)oc4ccccc45)cc3)nc(-c3cc4ccccc4c4ccccc34)n2)cc1. The van der Waals surface area contributed by atoms with Gasteiger partial charge in [-0.15, -0.1) is 0 Å². The zero-order valence-corrected chi connectivity index (χ0v) is 38.1. The third kappa shape index (κ3) is 6.13. The highest BCUT2D eigenvalue weighted by atomic mass is 16.3. The summed E-state index contributed by atoms with van der Waals surface area (Å²) in [6.45, 7) is 0. The van der Waals surface area contributed by atoms with E-state index in [-0.39, 0.29) is 0 Å². The highest BCUT2D eigenvalue weighted by Gasteiger charge is 2.23. The second-order valence-electron chi connectivity index (χ2n) is 18.4. The van der Waals surface area contributed by atoms with Crippen molar-refractivity contribution < 1.29 is 4.42 Å². The molecule has 0 saturated carbocycles. The topological polar surface area (TPSA) is 64.7 Å². The van der Waals surface area contributed by atoms with Crippen LogP contribution in [0.2, 0.25) is 0 Å². The average Bonchev–Trinajstić information content (AvgIpc) is 3.82. The molecule has 0 bridgehead atoms. The normalized spacial score (nSPS) is 11.9. The molecule has 0 aliphatic rings. The maximum absolute atomic E-state index is 6.81. The van der Waals surface area contributed by atoms with Crippen LogP contribution in [0.5, 0.6) is 0 Å². The molecule has 0 saturated heterocycles. The Labute approximate surface area is 407 Å². The van der Waals surface area contributed by atoms with Gasteiger partial charge in [0.1, 0.15) is 11.2 Å². The van der Waals surface area contributed by atoms with Gasteiger partial charge in [-0.2, -0.15) is 0 Å². The molecule has 5 heteroatoms. The maximum Gasteiger partial charge on any atom is 0.164 e. The largest absolute Gasteiger partial charge is 0.456 e. The van der Waals surface area contributed by atoms with Crippen molar-refractivity contribution in [1.29, 1.82) is 0 Å². The number of hydrogen-bond donors (Lipinski definition) is 0. The predicted molar refractivity (Wildman–Crippen MR) is 295 cm³/mol. The van der Waals surface area contributed by atoms with Gasteiger partial charge in [0, 0.05) is 54.7 Å². The van der Waals surface area contributed by atoms with Crippen LogP contribution in [0.25, 0.3) is 154 Å². The van der Waals surface area contributed by atoms with Crippen molar-refractivity contribution in [2.75, 3.05) is 0 Å². The Kier molecular flexibility index (Phi) is 8.59. The summed E-state index contributed by atoms with van der Waals surface area (Å²) in [6, 6.07) is 81.6. The van der Waals surface area contributed by atoms with Crippen LogP contribution in [-0.4, -0.2) is 19.9 Å². The summed E-state index contributed by atoms with van der Waals surface area (Å²) >= 11 is 0. The van der Waals surface area contributed by atoms with Gasteiger partial charge in [-0.3, -0.25) is 0 Å². The molecule has 328 valence electrons. The van der Waals surface area contributed by atoms with Crippen LogP contribution < -0.4 is 0 Å². The molecule has 0 spiro atoms. The lowest BCUT2D eigenvalue weighted by Crippen LogP contribution is -2.01. The van der Waals surface area contributed by atoms with E-state index in [1.54, 1.807) is 0 Å². The number of hydrogen-bond acceptors (Lipinski definition) is 5. The highest BCUT2D eigenvalue weighted by molar-refractivity contribution is 6.29. The summed E-state index contributed by atoms with van der Waals surface area (Å²) in [4.78, 5) is 21.2. The first-order chi connectivity index (χ1) is 35.2. The number of benzene rings is 12. The lowest BCUT2D eigenvalue weighted by molar-refractivity contribution is 0.669. The molecule has 12 aromatic carbocycles. The van der Waals surface area contributed by atoms with Crippen molar-refractivity contribution in [3.05, 3.63) is 231 Å². The fourth-order valence-corrected chi connectivity index (χ4v) is 11.2. The summed E-state index contributed by atoms with van der Waals surface area (Å²) in [5.41, 5.74) is 9.44. The van der Waals surface area contributed by atoms with Gasteiger partial charge in [0.05, 0.1) is 11.2 Å². The molecule has 0 fully saturated rings. The van der Waals surface area contributed by atoms with Gasteiger partial charge < -0.3 is 4.42 Å². The lowest BCUT2D eigenvalue weighted by Gasteiger charge is -2.17. The van der Waals surface area contributed by atoms with E-state index >= 15 is 0 Å². The van der Waals surface area contributed by atoms with E-state index in [0.29, 0.717) is 17.5 Å². The van der Waals surface area contributed by atoms with Gasteiger partial charge in [-0.25, -0.2) is 19.9 Å². The zero-order valence-electron chi connectivity index (χ0n) is 38.1. The fourth-order valence-electron chi connectivity index (χ4n) is 11.2. The number of pyridine rings is 1. The van der Waals surface area contributed by atoms with Crippen LogP contribution in [0.4, 0.5) is 0 Å². The van der Waals surface area contributed by atoms with Gasteiger partial charge in [0.2, 0.25) is 0 Å². The van der Waals surface area contributed by atoms with E-state index in [2.05, 4.69) is 206 Å². The maximum atomic E-state index is 6.81. The molecule has 0 aliphatic carbocycles. The monoisotopic (exact) mass is 902 g/mol. The fraction of sp³-hybridized carbons (Fsp3) is 0. The second-order valence-corrected chi connectivity index (χ2v) is 18.4. The number of fused-ring (bicyclic) bond motifs is 15. The summed E-state index contributed by atoms with van der Waals surface area (Å²) in [5, 5.41) is 17.3. The van der Waals surface area contributed by atoms with E-state index < -0.39 is 0 Å². The Hall–Kier alpha value is -9.58. The molecular weight excluding hydrogens is 865 g/mol. The highest BCUT2D eigenvalue weighted by Crippen LogP contribution is 2.47. The zero-order chi connectivity index (χ0) is 46.6. The van der Waals surface area contributed by atoms with E-state index in [4.69, 9.17) is 24.4 Å². The van der Waals surface area contributed by atoms with Crippen LogP contribution >= 0.6 is 0 Å². The van der Waals surface area contributed by atoms with E-state index in [1.165, 1.54) is 37.7 Å². The second kappa shape index (κ2) is 15.5.